The number of fused-ring (bicyclic) bond motifs is 1. The molecular weight excluding hydrogens is 203 g/mol. The topological polar surface area (TPSA) is 38.0 Å². The molecule has 0 aromatic heterocycles. The molecule has 2 aromatic rings. The molecule has 0 radical (unpaired) electrons. The van der Waals surface area contributed by atoms with Gasteiger partial charge in [0.2, 0.25) is 0 Å². The Labute approximate surface area is 94.2 Å². The molecule has 0 fully saturated rings. The van der Waals surface area contributed by atoms with Crippen molar-refractivity contribution in [3.8, 4) is 0 Å². The summed E-state index contributed by atoms with van der Waals surface area (Å²) < 4.78 is 13.6. The number of nitrogens with two attached hydrogens (primary N) is 1. The van der Waals surface area contributed by atoms with E-state index < -0.39 is 0 Å². The molecule has 0 saturated carbocycles. The zero-order chi connectivity index (χ0) is 11.5. The minimum Gasteiger partial charge on any atom is -0.271 e. The monoisotopic (exact) mass is 218 g/mol. The molecule has 16 heavy (non-hydrogen) atoms. The van der Waals surface area contributed by atoms with Crippen LogP contribution in [0.2, 0.25) is 0 Å². The second-order valence-electron chi connectivity index (χ2n) is 3.81. The average Bonchev–Trinajstić information content (AvgIpc) is 2.34. The van der Waals surface area contributed by atoms with Crippen molar-refractivity contribution in [1.29, 1.82) is 0 Å². The van der Waals surface area contributed by atoms with E-state index in [0.717, 1.165) is 17.4 Å². The molecule has 0 aliphatic carbocycles. The third-order valence-electron chi connectivity index (χ3n) is 2.89. The van der Waals surface area contributed by atoms with Crippen LogP contribution in [0.5, 0.6) is 0 Å². The Morgan fingerprint density at radius 3 is 2.50 bits per heavy atom. The fourth-order valence-electron chi connectivity index (χ4n) is 2.02. The van der Waals surface area contributed by atoms with Crippen LogP contribution in [0.3, 0.4) is 0 Å². The Morgan fingerprint density at radius 1 is 1.19 bits per heavy atom. The molecule has 0 aliphatic heterocycles. The summed E-state index contributed by atoms with van der Waals surface area (Å²) in [5, 5.41) is 1.57. The largest absolute Gasteiger partial charge is 0.271 e. The summed E-state index contributed by atoms with van der Waals surface area (Å²) in [6.07, 6.45) is 0.867. The van der Waals surface area contributed by atoms with E-state index in [1.54, 1.807) is 12.1 Å². The van der Waals surface area contributed by atoms with Crippen molar-refractivity contribution in [3.05, 3.63) is 47.8 Å². The van der Waals surface area contributed by atoms with Gasteiger partial charge in [0.15, 0.2) is 0 Å². The summed E-state index contributed by atoms with van der Waals surface area (Å²) in [6.45, 7) is 2.04. The van der Waals surface area contributed by atoms with Crippen molar-refractivity contribution in [2.45, 2.75) is 19.4 Å². The van der Waals surface area contributed by atoms with Gasteiger partial charge in [-0.15, -0.1) is 0 Å². The molecule has 84 valence electrons. The number of nitrogens with one attached hydrogen (secondary N) is 1. The lowest BCUT2D eigenvalue weighted by atomic mass is 9.97. The van der Waals surface area contributed by atoms with Gasteiger partial charge in [0.1, 0.15) is 5.82 Å². The van der Waals surface area contributed by atoms with Crippen LogP contribution in [-0.4, -0.2) is 0 Å². The van der Waals surface area contributed by atoms with E-state index in [0.29, 0.717) is 5.39 Å². The van der Waals surface area contributed by atoms with Crippen molar-refractivity contribution in [2.24, 2.45) is 5.84 Å². The summed E-state index contributed by atoms with van der Waals surface area (Å²) >= 11 is 0. The summed E-state index contributed by atoms with van der Waals surface area (Å²) in [7, 11) is 0. The van der Waals surface area contributed by atoms with E-state index >= 15 is 0 Å². The number of hydrazine groups is 1. The van der Waals surface area contributed by atoms with Crippen LogP contribution in [0.25, 0.3) is 10.8 Å². The van der Waals surface area contributed by atoms with Crippen LogP contribution in [-0.2, 0) is 0 Å². The fourth-order valence-corrected chi connectivity index (χ4v) is 2.02. The number of benzene rings is 2. The zero-order valence-electron chi connectivity index (χ0n) is 9.20. The maximum Gasteiger partial charge on any atom is 0.131 e. The second-order valence-corrected chi connectivity index (χ2v) is 3.81. The Kier molecular flexibility index (Phi) is 3.17. The van der Waals surface area contributed by atoms with E-state index in [2.05, 4.69) is 5.43 Å². The molecule has 0 saturated heterocycles. The van der Waals surface area contributed by atoms with Crippen molar-refractivity contribution >= 4 is 10.8 Å². The van der Waals surface area contributed by atoms with E-state index in [9.17, 15) is 4.39 Å². The highest BCUT2D eigenvalue weighted by Crippen LogP contribution is 2.27. The van der Waals surface area contributed by atoms with Gasteiger partial charge in [0.25, 0.3) is 0 Å². The first-order valence-corrected chi connectivity index (χ1v) is 5.41. The first kappa shape index (κ1) is 11.0. The number of halogens is 1. The zero-order valence-corrected chi connectivity index (χ0v) is 9.20. The summed E-state index contributed by atoms with van der Waals surface area (Å²) in [6, 6.07) is 10.8. The van der Waals surface area contributed by atoms with Gasteiger partial charge < -0.3 is 0 Å². The second kappa shape index (κ2) is 4.60. The van der Waals surface area contributed by atoms with E-state index in [-0.39, 0.29) is 11.9 Å². The maximum atomic E-state index is 13.6. The number of hydrogen-bond donors (Lipinski definition) is 2. The van der Waals surface area contributed by atoms with Gasteiger partial charge >= 0.3 is 0 Å². The molecule has 3 heteroatoms. The van der Waals surface area contributed by atoms with Crippen molar-refractivity contribution in [1.82, 2.24) is 5.43 Å². The van der Waals surface area contributed by atoms with Gasteiger partial charge in [-0.05, 0) is 23.4 Å². The fraction of sp³-hybridized carbons (Fsp3) is 0.231. The Bertz CT molecular complexity index is 492. The smallest absolute Gasteiger partial charge is 0.131 e. The molecule has 2 aromatic carbocycles. The molecule has 0 spiro atoms. The molecule has 0 aliphatic rings. The van der Waals surface area contributed by atoms with Crippen LogP contribution < -0.4 is 11.3 Å². The third-order valence-corrected chi connectivity index (χ3v) is 2.89. The standard InChI is InChI=1S/C13H15FN2/c1-2-13(16-15)11-7-8-12(14)10-6-4-3-5-9(10)11/h3-8,13,16H,2,15H2,1H3. The lowest BCUT2D eigenvalue weighted by Crippen LogP contribution is -2.27. The lowest BCUT2D eigenvalue weighted by Gasteiger charge is -2.16. The Balaban J connectivity index is 2.66. The van der Waals surface area contributed by atoms with Gasteiger partial charge in [-0.2, -0.15) is 0 Å². The maximum absolute atomic E-state index is 13.6. The highest BCUT2D eigenvalue weighted by Gasteiger charge is 2.12. The summed E-state index contributed by atoms with van der Waals surface area (Å²) in [5.41, 5.74) is 3.80. The lowest BCUT2D eigenvalue weighted by molar-refractivity contribution is 0.541. The molecular formula is C13H15FN2. The van der Waals surface area contributed by atoms with Gasteiger partial charge in [0, 0.05) is 11.4 Å². The molecule has 2 rings (SSSR count). The normalized spacial score (nSPS) is 12.9. The van der Waals surface area contributed by atoms with Crippen molar-refractivity contribution in [2.75, 3.05) is 0 Å². The average molecular weight is 218 g/mol. The Morgan fingerprint density at radius 2 is 1.88 bits per heavy atom. The van der Waals surface area contributed by atoms with Crippen LogP contribution in [0.15, 0.2) is 36.4 Å². The summed E-state index contributed by atoms with van der Waals surface area (Å²) in [5.74, 6) is 5.31. The molecule has 0 heterocycles. The first-order chi connectivity index (χ1) is 7.77. The van der Waals surface area contributed by atoms with Gasteiger partial charge in [-0.1, -0.05) is 37.3 Å². The Hall–Kier alpha value is -1.45. The van der Waals surface area contributed by atoms with Crippen molar-refractivity contribution < 1.29 is 4.39 Å². The molecule has 1 atom stereocenters. The highest BCUT2D eigenvalue weighted by atomic mass is 19.1. The van der Waals surface area contributed by atoms with Crippen LogP contribution in [0.1, 0.15) is 24.9 Å². The minimum atomic E-state index is -0.189. The number of hydrogen-bond acceptors (Lipinski definition) is 2. The third kappa shape index (κ3) is 1.79. The molecule has 2 nitrogen and oxygen atoms in total. The quantitative estimate of drug-likeness (QED) is 0.614. The van der Waals surface area contributed by atoms with Gasteiger partial charge in [-0.25, -0.2) is 4.39 Å². The highest BCUT2D eigenvalue weighted by molar-refractivity contribution is 5.86. The minimum absolute atomic E-state index is 0.0606. The van der Waals surface area contributed by atoms with Crippen LogP contribution in [0, 0.1) is 5.82 Å². The van der Waals surface area contributed by atoms with E-state index in [1.165, 1.54) is 6.07 Å². The number of rotatable bonds is 3. The van der Waals surface area contributed by atoms with E-state index in [4.69, 9.17) is 5.84 Å². The van der Waals surface area contributed by atoms with Crippen molar-refractivity contribution in [3.63, 3.8) is 0 Å². The molecule has 1 unspecified atom stereocenters. The van der Waals surface area contributed by atoms with Gasteiger partial charge in [-0.3, -0.25) is 11.3 Å². The van der Waals surface area contributed by atoms with Crippen LogP contribution >= 0.6 is 0 Å². The predicted octanol–water partition coefficient (Wildman–Crippen LogP) is 2.89. The van der Waals surface area contributed by atoms with Gasteiger partial charge in [0.05, 0.1) is 0 Å². The predicted molar refractivity (Wildman–Crippen MR) is 64.3 cm³/mol. The molecule has 3 N–H and O–H groups in total. The summed E-state index contributed by atoms with van der Waals surface area (Å²) in [4.78, 5) is 0. The molecule has 0 amide bonds. The van der Waals surface area contributed by atoms with E-state index in [1.807, 2.05) is 25.1 Å². The molecule has 0 bridgehead atoms. The first-order valence-electron chi connectivity index (χ1n) is 5.41. The SMILES string of the molecule is CCC(NN)c1ccc(F)c2ccccc12. The van der Waals surface area contributed by atoms with Crippen LogP contribution in [0.4, 0.5) is 4.39 Å².